The van der Waals surface area contributed by atoms with Crippen LogP contribution in [0.1, 0.15) is 0 Å². The molecule has 4 heterocycles. The third kappa shape index (κ3) is 3.61. The predicted molar refractivity (Wildman–Crippen MR) is 203 cm³/mol. The summed E-state index contributed by atoms with van der Waals surface area (Å²) in [4.78, 5) is 11.9. The molecule has 0 aliphatic carbocycles. The highest BCUT2D eigenvalue weighted by atomic mass is 32.1. The van der Waals surface area contributed by atoms with Gasteiger partial charge < -0.3 is 0 Å². The Labute approximate surface area is 276 Å². The fourth-order valence-corrected chi connectivity index (χ4v) is 9.66. The molecule has 0 bridgehead atoms. The molecule has 0 amide bonds. The van der Waals surface area contributed by atoms with Crippen LogP contribution in [0.4, 0.5) is 0 Å². The lowest BCUT2D eigenvalue weighted by atomic mass is 10.0. The highest BCUT2D eigenvalue weighted by molar-refractivity contribution is 7.26. The molecule has 7 aromatic carbocycles. The second-order valence-electron chi connectivity index (χ2n) is 12.2. The molecule has 4 aromatic heterocycles. The molecule has 0 fully saturated rings. The summed E-state index contributed by atoms with van der Waals surface area (Å²) in [6, 6.07) is 50.4. The van der Waals surface area contributed by atoms with Crippen molar-refractivity contribution in [2.45, 2.75) is 0 Å². The van der Waals surface area contributed by atoms with E-state index in [0.717, 1.165) is 43.8 Å². The fraction of sp³-hybridized carbons (Fsp3) is 0. The van der Waals surface area contributed by atoms with E-state index in [1.807, 2.05) is 11.3 Å². The molecular weight excluding hydrogens is 611 g/mol. The van der Waals surface area contributed by atoms with E-state index in [1.165, 1.54) is 57.2 Å². The Morgan fingerprint density at radius 2 is 1.19 bits per heavy atom. The Morgan fingerprint density at radius 1 is 0.447 bits per heavy atom. The summed E-state index contributed by atoms with van der Waals surface area (Å²) in [5.74, 6) is 0.858. The topological polar surface area (TPSA) is 30.7 Å². The van der Waals surface area contributed by atoms with Gasteiger partial charge in [-0.1, -0.05) is 109 Å². The minimum atomic E-state index is 0.858. The van der Waals surface area contributed by atoms with Crippen LogP contribution in [0.15, 0.2) is 140 Å². The Morgan fingerprint density at radius 3 is 2.11 bits per heavy atom. The molecule has 11 rings (SSSR count). The largest absolute Gasteiger partial charge is 0.292 e. The second kappa shape index (κ2) is 9.46. The molecule has 0 radical (unpaired) electrons. The maximum atomic E-state index is 5.50. The molecule has 5 heteroatoms. The summed E-state index contributed by atoms with van der Waals surface area (Å²) >= 11 is 3.59. The molecule has 0 unspecified atom stereocenters. The van der Waals surface area contributed by atoms with Gasteiger partial charge in [-0.2, -0.15) is 0 Å². The second-order valence-corrected chi connectivity index (χ2v) is 14.3. The summed E-state index contributed by atoms with van der Waals surface area (Å²) in [5.41, 5.74) is 5.18. The zero-order chi connectivity index (χ0) is 30.6. The zero-order valence-corrected chi connectivity index (χ0v) is 26.6. The van der Waals surface area contributed by atoms with Crippen LogP contribution in [0.5, 0.6) is 0 Å². The van der Waals surface area contributed by atoms with E-state index >= 15 is 0 Å². The molecule has 0 N–H and O–H groups in total. The van der Waals surface area contributed by atoms with Crippen LogP contribution in [0.3, 0.4) is 0 Å². The van der Waals surface area contributed by atoms with Crippen molar-refractivity contribution in [3.05, 3.63) is 140 Å². The Bertz CT molecular complexity index is 3090. The third-order valence-corrected chi connectivity index (χ3v) is 11.8. The molecule has 218 valence electrons. The van der Waals surface area contributed by atoms with Crippen molar-refractivity contribution in [3.63, 3.8) is 0 Å². The van der Waals surface area contributed by atoms with Crippen LogP contribution in [0.25, 0.3) is 101 Å². The smallest absolute Gasteiger partial charge is 0.166 e. The number of nitrogens with zero attached hydrogens (tertiary/aromatic N) is 3. The number of aromatic nitrogens is 3. The van der Waals surface area contributed by atoms with Gasteiger partial charge in [0.2, 0.25) is 0 Å². The van der Waals surface area contributed by atoms with Gasteiger partial charge in [-0.05, 0) is 51.9 Å². The molecule has 0 atom stereocenters. The lowest BCUT2D eigenvalue weighted by Crippen LogP contribution is -2.03. The summed E-state index contributed by atoms with van der Waals surface area (Å²) in [5, 5.41) is 11.2. The normalized spacial score (nSPS) is 12.3. The van der Waals surface area contributed by atoms with Gasteiger partial charge in [-0.25, -0.2) is 9.97 Å². The average molecular weight is 634 g/mol. The number of thiophene rings is 2. The lowest BCUT2D eigenvalue weighted by Gasteiger charge is -2.13. The van der Waals surface area contributed by atoms with E-state index in [0.29, 0.717) is 0 Å². The molecule has 0 aliphatic heterocycles. The molecule has 11 aromatic rings. The predicted octanol–water partition coefficient (Wildman–Crippen LogP) is 12.3. The molecule has 0 aliphatic rings. The fourth-order valence-electron chi connectivity index (χ4n) is 7.39. The van der Waals surface area contributed by atoms with Gasteiger partial charge in [0.05, 0.1) is 11.0 Å². The van der Waals surface area contributed by atoms with E-state index < -0.39 is 0 Å². The third-order valence-electron chi connectivity index (χ3n) is 9.58. The number of para-hydroxylation sites is 1. The number of hydrogen-bond acceptors (Lipinski definition) is 4. The standard InChI is InChI=1S/C42H23N3S2/c1-2-11-26-21-27(18-17-24(26)9-1)38-41(44-42-39(43-38)31-14-6-8-16-36(31)47-42)45-34-15-7-5-13-29(34)32-22-33-30-20-19-25-10-3-4-12-28(25)40(30)46-37(33)23-35(32)45/h1-23H. The maximum absolute atomic E-state index is 5.50. The first-order valence-corrected chi connectivity index (χ1v) is 17.4. The Kier molecular flexibility index (Phi) is 5.14. The highest BCUT2D eigenvalue weighted by Crippen LogP contribution is 2.44. The number of benzene rings is 7. The van der Waals surface area contributed by atoms with Crippen molar-refractivity contribution in [2.75, 3.05) is 0 Å². The SMILES string of the molecule is c1ccc2cc(-c3nc4c(nc3-n3c5ccccc5c5cc6c(cc53)sc3c5ccccc5ccc63)sc3ccccc34)ccc2c1. The first-order valence-electron chi connectivity index (χ1n) is 15.7. The van der Waals surface area contributed by atoms with Crippen LogP contribution < -0.4 is 0 Å². The molecular formula is C42H23N3S2. The Balaban J connectivity index is 1.28. The van der Waals surface area contributed by atoms with Gasteiger partial charge in [0, 0.05) is 46.6 Å². The summed E-state index contributed by atoms with van der Waals surface area (Å²) in [6.45, 7) is 0. The van der Waals surface area contributed by atoms with Crippen molar-refractivity contribution >= 4 is 107 Å². The van der Waals surface area contributed by atoms with Gasteiger partial charge in [0.25, 0.3) is 0 Å². The van der Waals surface area contributed by atoms with E-state index in [1.54, 1.807) is 11.3 Å². The van der Waals surface area contributed by atoms with Crippen LogP contribution >= 0.6 is 22.7 Å². The molecule has 0 spiro atoms. The van der Waals surface area contributed by atoms with Gasteiger partial charge in [0.15, 0.2) is 5.82 Å². The molecule has 47 heavy (non-hydrogen) atoms. The van der Waals surface area contributed by atoms with Gasteiger partial charge >= 0.3 is 0 Å². The van der Waals surface area contributed by atoms with Crippen molar-refractivity contribution in [1.82, 2.24) is 14.5 Å². The molecule has 0 saturated carbocycles. The molecule has 3 nitrogen and oxygen atoms in total. The first kappa shape index (κ1) is 25.6. The maximum Gasteiger partial charge on any atom is 0.166 e. The van der Waals surface area contributed by atoms with E-state index in [2.05, 4.69) is 144 Å². The van der Waals surface area contributed by atoms with Crippen LogP contribution in [-0.4, -0.2) is 14.5 Å². The number of fused-ring (bicyclic) bond motifs is 12. The van der Waals surface area contributed by atoms with Crippen LogP contribution in [0.2, 0.25) is 0 Å². The summed E-state index contributed by atoms with van der Waals surface area (Å²) in [7, 11) is 0. The average Bonchev–Trinajstić information content (AvgIpc) is 3.78. The minimum Gasteiger partial charge on any atom is -0.292 e. The van der Waals surface area contributed by atoms with E-state index in [4.69, 9.17) is 9.97 Å². The minimum absolute atomic E-state index is 0.858. The van der Waals surface area contributed by atoms with Crippen molar-refractivity contribution in [1.29, 1.82) is 0 Å². The van der Waals surface area contributed by atoms with Crippen molar-refractivity contribution in [3.8, 4) is 17.1 Å². The van der Waals surface area contributed by atoms with Gasteiger partial charge in [-0.15, -0.1) is 22.7 Å². The Hall–Kier alpha value is -5.62. The highest BCUT2D eigenvalue weighted by Gasteiger charge is 2.22. The number of hydrogen-bond donors (Lipinski definition) is 0. The zero-order valence-electron chi connectivity index (χ0n) is 24.9. The van der Waals surface area contributed by atoms with Crippen molar-refractivity contribution < 1.29 is 0 Å². The quantitative estimate of drug-likeness (QED) is 0.190. The van der Waals surface area contributed by atoms with Gasteiger partial charge in [-0.3, -0.25) is 4.57 Å². The van der Waals surface area contributed by atoms with E-state index in [-0.39, 0.29) is 0 Å². The summed E-state index contributed by atoms with van der Waals surface area (Å²) in [6.07, 6.45) is 0. The van der Waals surface area contributed by atoms with Crippen LogP contribution in [-0.2, 0) is 0 Å². The van der Waals surface area contributed by atoms with E-state index in [9.17, 15) is 0 Å². The molecule has 0 saturated heterocycles. The summed E-state index contributed by atoms with van der Waals surface area (Å²) < 4.78 is 6.17. The van der Waals surface area contributed by atoms with Gasteiger partial charge in [0.1, 0.15) is 16.0 Å². The monoisotopic (exact) mass is 633 g/mol. The number of rotatable bonds is 2. The first-order chi connectivity index (χ1) is 23.3. The van der Waals surface area contributed by atoms with Crippen molar-refractivity contribution in [2.24, 2.45) is 0 Å². The lowest BCUT2D eigenvalue weighted by molar-refractivity contribution is 1.09. The van der Waals surface area contributed by atoms with Crippen LogP contribution in [0, 0.1) is 0 Å².